The Morgan fingerprint density at radius 1 is 1.05 bits per heavy atom. The van der Waals surface area contributed by atoms with Gasteiger partial charge in [0.05, 0.1) is 0 Å². The van der Waals surface area contributed by atoms with Crippen LogP contribution in [0.2, 0.25) is 0 Å². The predicted octanol–water partition coefficient (Wildman–Crippen LogP) is 6.42. The highest BCUT2D eigenvalue weighted by Gasteiger charge is 2.50. The molecule has 0 radical (unpaired) electrons. The molecule has 1 heteroatoms. The molecule has 1 saturated carbocycles. The third-order valence-electron chi connectivity index (χ3n) is 4.64. The van der Waals surface area contributed by atoms with Crippen LogP contribution in [0, 0.1) is 11.3 Å². The van der Waals surface area contributed by atoms with Gasteiger partial charge in [0.1, 0.15) is 0 Å². The van der Waals surface area contributed by atoms with Gasteiger partial charge in [-0.3, -0.25) is 0 Å². The summed E-state index contributed by atoms with van der Waals surface area (Å²) < 4.78 is 0. The maximum Gasteiger partial charge on any atom is 0.0431 e. The van der Waals surface area contributed by atoms with E-state index in [4.69, 9.17) is 0 Å². The third kappa shape index (κ3) is 3.07. The smallest absolute Gasteiger partial charge is 0.0431 e. The first kappa shape index (κ1) is 15.1. The molecule has 0 aromatic heterocycles. The molecule has 1 aromatic carbocycles. The SMILES string of the molecule is CC(C)c1ccc(C(Br)C2CC2(C)C)c(C(C)C)c1. The van der Waals surface area contributed by atoms with Crippen molar-refractivity contribution < 1.29 is 0 Å². The molecule has 0 N–H and O–H groups in total. The van der Waals surface area contributed by atoms with Crippen molar-refractivity contribution in [3.05, 3.63) is 34.9 Å². The molecular weight excluding hydrogens is 296 g/mol. The Bertz CT molecular complexity index is 457. The molecule has 1 aliphatic carbocycles. The second kappa shape index (κ2) is 5.24. The van der Waals surface area contributed by atoms with Gasteiger partial charge in [-0.15, -0.1) is 0 Å². The van der Waals surface area contributed by atoms with Gasteiger partial charge in [0.25, 0.3) is 0 Å². The van der Waals surface area contributed by atoms with E-state index < -0.39 is 0 Å². The van der Waals surface area contributed by atoms with Crippen LogP contribution in [-0.4, -0.2) is 0 Å². The van der Waals surface area contributed by atoms with E-state index in [2.05, 4.69) is 75.7 Å². The zero-order valence-electron chi connectivity index (χ0n) is 13.1. The highest BCUT2D eigenvalue weighted by atomic mass is 79.9. The minimum atomic E-state index is 0.513. The fourth-order valence-corrected chi connectivity index (χ4v) is 4.25. The lowest BCUT2D eigenvalue weighted by molar-refractivity contribution is 0.553. The Morgan fingerprint density at radius 2 is 1.63 bits per heavy atom. The van der Waals surface area contributed by atoms with E-state index in [1.54, 1.807) is 0 Å². The molecule has 2 unspecified atom stereocenters. The Labute approximate surface area is 127 Å². The molecule has 1 aromatic rings. The van der Waals surface area contributed by atoms with Gasteiger partial charge in [0.15, 0.2) is 0 Å². The molecule has 1 aliphatic rings. The largest absolute Gasteiger partial charge is 0.0835 e. The van der Waals surface area contributed by atoms with Crippen molar-refractivity contribution in [2.24, 2.45) is 11.3 Å². The van der Waals surface area contributed by atoms with Gasteiger partial charge in [-0.1, -0.05) is 75.7 Å². The van der Waals surface area contributed by atoms with Crippen LogP contribution in [0.5, 0.6) is 0 Å². The summed E-state index contributed by atoms with van der Waals surface area (Å²) in [5.41, 5.74) is 5.01. The van der Waals surface area contributed by atoms with Crippen molar-refractivity contribution in [3.63, 3.8) is 0 Å². The van der Waals surface area contributed by atoms with Gasteiger partial charge in [-0.05, 0) is 46.3 Å². The highest BCUT2D eigenvalue weighted by molar-refractivity contribution is 9.09. The molecule has 0 spiro atoms. The summed E-state index contributed by atoms with van der Waals surface area (Å²) in [6.07, 6.45) is 1.34. The van der Waals surface area contributed by atoms with Crippen molar-refractivity contribution >= 4 is 15.9 Å². The van der Waals surface area contributed by atoms with Crippen LogP contribution in [0.4, 0.5) is 0 Å². The maximum atomic E-state index is 3.97. The first-order valence-corrected chi connectivity index (χ1v) is 8.43. The molecule has 0 nitrogen and oxygen atoms in total. The summed E-state index contributed by atoms with van der Waals surface area (Å²) in [5.74, 6) is 1.99. The lowest BCUT2D eigenvalue weighted by Crippen LogP contribution is -2.05. The van der Waals surface area contributed by atoms with Gasteiger partial charge >= 0.3 is 0 Å². The van der Waals surface area contributed by atoms with Crippen LogP contribution in [0.25, 0.3) is 0 Å². The lowest BCUT2D eigenvalue weighted by atomic mass is 9.88. The number of alkyl halides is 1. The van der Waals surface area contributed by atoms with Crippen LogP contribution >= 0.6 is 15.9 Å². The summed E-state index contributed by atoms with van der Waals surface area (Å²) >= 11 is 3.97. The van der Waals surface area contributed by atoms with Gasteiger partial charge < -0.3 is 0 Å². The number of rotatable bonds is 4. The van der Waals surface area contributed by atoms with Gasteiger partial charge in [-0.25, -0.2) is 0 Å². The number of benzene rings is 1. The molecule has 0 heterocycles. The van der Waals surface area contributed by atoms with E-state index in [9.17, 15) is 0 Å². The second-order valence-corrected chi connectivity index (χ2v) is 8.39. The lowest BCUT2D eigenvalue weighted by Gasteiger charge is -2.21. The van der Waals surface area contributed by atoms with Gasteiger partial charge in [-0.2, -0.15) is 0 Å². The molecule has 2 atom stereocenters. The van der Waals surface area contributed by atoms with E-state index in [1.807, 2.05) is 0 Å². The molecule has 1 fully saturated rings. The van der Waals surface area contributed by atoms with Crippen LogP contribution in [0.15, 0.2) is 18.2 Å². The van der Waals surface area contributed by atoms with Crippen molar-refractivity contribution in [2.75, 3.05) is 0 Å². The maximum absolute atomic E-state index is 3.97. The first-order valence-electron chi connectivity index (χ1n) is 7.52. The van der Waals surface area contributed by atoms with E-state index >= 15 is 0 Å². The molecule has 19 heavy (non-hydrogen) atoms. The summed E-state index contributed by atoms with van der Waals surface area (Å²) in [7, 11) is 0. The summed E-state index contributed by atoms with van der Waals surface area (Å²) in [4.78, 5) is 0.515. The van der Waals surface area contributed by atoms with Crippen LogP contribution in [0.1, 0.15) is 81.3 Å². The van der Waals surface area contributed by atoms with Crippen LogP contribution in [0.3, 0.4) is 0 Å². The van der Waals surface area contributed by atoms with E-state index in [1.165, 1.54) is 23.1 Å². The van der Waals surface area contributed by atoms with Crippen molar-refractivity contribution in [1.82, 2.24) is 0 Å². The molecule has 0 saturated heterocycles. The highest BCUT2D eigenvalue weighted by Crippen LogP contribution is 2.61. The van der Waals surface area contributed by atoms with E-state index in [-0.39, 0.29) is 0 Å². The van der Waals surface area contributed by atoms with Gasteiger partial charge in [0.2, 0.25) is 0 Å². The minimum absolute atomic E-state index is 0.513. The molecular formula is C18H27Br. The van der Waals surface area contributed by atoms with E-state index in [0.29, 0.717) is 22.1 Å². The summed E-state index contributed by atoms with van der Waals surface area (Å²) in [6, 6.07) is 7.10. The van der Waals surface area contributed by atoms with Crippen molar-refractivity contribution in [2.45, 2.75) is 64.6 Å². The monoisotopic (exact) mass is 322 g/mol. The average molecular weight is 323 g/mol. The fourth-order valence-electron chi connectivity index (χ4n) is 2.93. The summed E-state index contributed by atoms with van der Waals surface area (Å²) in [5, 5.41) is 0. The molecule has 0 bridgehead atoms. The molecule has 2 rings (SSSR count). The zero-order chi connectivity index (χ0) is 14.4. The zero-order valence-corrected chi connectivity index (χ0v) is 14.7. The Balaban J connectivity index is 2.34. The number of halogens is 1. The quantitative estimate of drug-likeness (QED) is 0.561. The molecule has 0 amide bonds. The number of hydrogen-bond acceptors (Lipinski definition) is 0. The Kier molecular flexibility index (Phi) is 4.16. The van der Waals surface area contributed by atoms with Crippen molar-refractivity contribution in [1.29, 1.82) is 0 Å². The average Bonchev–Trinajstić information content (AvgIpc) is 2.96. The second-order valence-electron chi connectivity index (χ2n) is 7.40. The minimum Gasteiger partial charge on any atom is -0.0835 e. The Morgan fingerprint density at radius 3 is 2.05 bits per heavy atom. The first-order chi connectivity index (χ1) is 8.74. The topological polar surface area (TPSA) is 0 Å². The predicted molar refractivity (Wildman–Crippen MR) is 88.2 cm³/mol. The normalized spacial score (nSPS) is 22.9. The van der Waals surface area contributed by atoms with E-state index in [0.717, 1.165) is 5.92 Å². The van der Waals surface area contributed by atoms with Gasteiger partial charge in [0, 0.05) is 4.83 Å². The Hall–Kier alpha value is -0.300. The van der Waals surface area contributed by atoms with Crippen LogP contribution < -0.4 is 0 Å². The summed E-state index contributed by atoms with van der Waals surface area (Å²) in [6.45, 7) is 13.9. The standard InChI is InChI=1S/C18H27Br/c1-11(2)13-7-8-14(15(9-13)12(3)4)17(19)16-10-18(16,5)6/h7-9,11-12,16-17H,10H2,1-6H3. The third-order valence-corrected chi connectivity index (χ3v) is 5.77. The fraction of sp³-hybridized carbons (Fsp3) is 0.667. The molecule has 0 aliphatic heterocycles. The number of hydrogen-bond donors (Lipinski definition) is 0. The van der Waals surface area contributed by atoms with Crippen molar-refractivity contribution in [3.8, 4) is 0 Å². The van der Waals surface area contributed by atoms with Crippen LogP contribution in [-0.2, 0) is 0 Å². The molecule has 106 valence electrons.